The van der Waals surface area contributed by atoms with Gasteiger partial charge in [-0.15, -0.1) is 0 Å². The molecule has 1 amide bonds. The number of rotatable bonds is 1. The van der Waals surface area contributed by atoms with Crippen LogP contribution in [0.4, 0.5) is 11.4 Å². The van der Waals surface area contributed by atoms with Crippen LogP contribution in [0.25, 0.3) is 0 Å². The van der Waals surface area contributed by atoms with Crippen molar-refractivity contribution >= 4 is 17.3 Å². The summed E-state index contributed by atoms with van der Waals surface area (Å²) < 4.78 is 0. The van der Waals surface area contributed by atoms with Crippen LogP contribution in [0.2, 0.25) is 0 Å². The number of hydrogen-bond donors (Lipinski definition) is 0. The van der Waals surface area contributed by atoms with E-state index in [1.807, 2.05) is 4.90 Å². The van der Waals surface area contributed by atoms with E-state index in [4.69, 9.17) is 0 Å². The molecule has 1 fully saturated rings. The van der Waals surface area contributed by atoms with Gasteiger partial charge in [-0.3, -0.25) is 4.79 Å². The molecule has 90 valence electrons. The van der Waals surface area contributed by atoms with Crippen LogP contribution in [-0.4, -0.2) is 25.5 Å². The molecule has 3 rings (SSSR count). The molecule has 1 saturated heterocycles. The van der Waals surface area contributed by atoms with Crippen LogP contribution < -0.4 is 9.80 Å². The quantitative estimate of drug-likeness (QED) is 0.738. The van der Waals surface area contributed by atoms with Crippen LogP contribution >= 0.6 is 0 Å². The predicted molar refractivity (Wildman–Crippen MR) is 69.6 cm³/mol. The molecule has 3 heteroatoms. The fourth-order valence-electron chi connectivity index (χ4n) is 2.96. The van der Waals surface area contributed by atoms with Gasteiger partial charge in [-0.25, -0.2) is 0 Å². The van der Waals surface area contributed by atoms with Gasteiger partial charge in [0.05, 0.1) is 11.4 Å². The first kappa shape index (κ1) is 10.6. The minimum atomic E-state index is 0.162. The van der Waals surface area contributed by atoms with Crippen LogP contribution in [0.3, 0.4) is 0 Å². The van der Waals surface area contributed by atoms with Crippen molar-refractivity contribution in [1.82, 2.24) is 0 Å². The molecule has 0 spiro atoms. The Balaban J connectivity index is 2.05. The molecule has 1 aromatic rings. The van der Waals surface area contributed by atoms with E-state index >= 15 is 0 Å². The molecule has 0 N–H and O–H groups in total. The molecule has 0 atom stereocenters. The number of carbonyl (C=O) groups is 1. The molecule has 1 aromatic carbocycles. The first-order valence-electron chi connectivity index (χ1n) is 6.42. The summed E-state index contributed by atoms with van der Waals surface area (Å²) in [4.78, 5) is 16.0. The maximum absolute atomic E-state index is 11.7. The second-order valence-corrected chi connectivity index (χ2v) is 4.90. The minimum Gasteiger partial charge on any atom is -0.370 e. The van der Waals surface area contributed by atoms with Crippen LogP contribution in [-0.2, 0) is 11.2 Å². The highest BCUT2D eigenvalue weighted by Crippen LogP contribution is 2.38. The van der Waals surface area contributed by atoms with Crippen LogP contribution in [0.1, 0.15) is 25.3 Å². The van der Waals surface area contributed by atoms with Gasteiger partial charge in [0.1, 0.15) is 0 Å². The topological polar surface area (TPSA) is 23.6 Å². The van der Waals surface area contributed by atoms with Crippen molar-refractivity contribution in [2.45, 2.75) is 26.2 Å². The Bertz CT molecular complexity index is 450. The van der Waals surface area contributed by atoms with E-state index in [0.717, 1.165) is 26.1 Å². The van der Waals surface area contributed by atoms with Crippen molar-refractivity contribution in [3.63, 3.8) is 0 Å². The summed E-state index contributed by atoms with van der Waals surface area (Å²) in [5.41, 5.74) is 3.75. The van der Waals surface area contributed by atoms with Gasteiger partial charge in [-0.2, -0.15) is 0 Å². The highest BCUT2D eigenvalue weighted by molar-refractivity contribution is 5.98. The fraction of sp³-hybridized carbons (Fsp3) is 0.500. The fourth-order valence-corrected chi connectivity index (χ4v) is 2.96. The Morgan fingerprint density at radius 1 is 1.18 bits per heavy atom. The average Bonchev–Trinajstić information content (AvgIpc) is 2.97. The molecular formula is C14H18N2O. The summed E-state index contributed by atoms with van der Waals surface area (Å²) in [5.74, 6) is 0.162. The molecule has 0 aromatic heterocycles. The number of carbonyl (C=O) groups excluding carboxylic acids is 1. The SMILES string of the molecule is CC(=O)N1CCc2cccc(N3CCCC3)c21. The Morgan fingerprint density at radius 2 is 1.94 bits per heavy atom. The molecular weight excluding hydrogens is 212 g/mol. The van der Waals surface area contributed by atoms with Gasteiger partial charge >= 0.3 is 0 Å². The average molecular weight is 230 g/mol. The zero-order valence-electron chi connectivity index (χ0n) is 10.3. The molecule has 0 bridgehead atoms. The summed E-state index contributed by atoms with van der Waals surface area (Å²) in [6.45, 7) is 4.76. The largest absolute Gasteiger partial charge is 0.370 e. The van der Waals surface area contributed by atoms with Crippen LogP contribution in [0.5, 0.6) is 0 Å². The van der Waals surface area contributed by atoms with E-state index in [1.54, 1.807) is 6.92 Å². The van der Waals surface area contributed by atoms with E-state index in [0.29, 0.717) is 0 Å². The number of anilines is 2. The lowest BCUT2D eigenvalue weighted by molar-refractivity contribution is -0.116. The third kappa shape index (κ3) is 1.70. The van der Waals surface area contributed by atoms with Gasteiger partial charge in [0.2, 0.25) is 5.91 Å². The zero-order chi connectivity index (χ0) is 11.8. The maximum atomic E-state index is 11.7. The van der Waals surface area contributed by atoms with E-state index in [9.17, 15) is 4.79 Å². The molecule has 0 unspecified atom stereocenters. The lowest BCUT2D eigenvalue weighted by atomic mass is 10.1. The van der Waals surface area contributed by atoms with Gasteiger partial charge in [-0.1, -0.05) is 12.1 Å². The smallest absolute Gasteiger partial charge is 0.223 e. The zero-order valence-corrected chi connectivity index (χ0v) is 10.3. The van der Waals surface area contributed by atoms with Crippen molar-refractivity contribution in [2.75, 3.05) is 29.4 Å². The van der Waals surface area contributed by atoms with E-state index in [-0.39, 0.29) is 5.91 Å². The van der Waals surface area contributed by atoms with Gasteiger partial charge in [0.15, 0.2) is 0 Å². The Morgan fingerprint density at radius 3 is 2.65 bits per heavy atom. The van der Waals surface area contributed by atoms with Gasteiger partial charge < -0.3 is 9.80 Å². The third-order valence-electron chi connectivity index (χ3n) is 3.80. The summed E-state index contributed by atoms with van der Waals surface area (Å²) in [7, 11) is 0. The number of amides is 1. The van der Waals surface area contributed by atoms with Crippen molar-refractivity contribution < 1.29 is 4.79 Å². The lowest BCUT2D eigenvalue weighted by Crippen LogP contribution is -2.28. The number of para-hydroxylation sites is 1. The Labute approximate surface area is 102 Å². The minimum absolute atomic E-state index is 0.162. The molecule has 0 aliphatic carbocycles. The molecule has 17 heavy (non-hydrogen) atoms. The summed E-state index contributed by atoms with van der Waals surface area (Å²) in [5, 5.41) is 0. The van der Waals surface area contributed by atoms with E-state index < -0.39 is 0 Å². The highest BCUT2D eigenvalue weighted by Gasteiger charge is 2.27. The molecule has 2 aliphatic rings. The molecule has 2 heterocycles. The molecule has 0 radical (unpaired) electrons. The maximum Gasteiger partial charge on any atom is 0.223 e. The molecule has 3 nitrogen and oxygen atoms in total. The normalized spacial score (nSPS) is 18.6. The number of fused-ring (bicyclic) bond motifs is 1. The van der Waals surface area contributed by atoms with Gasteiger partial charge in [0, 0.05) is 26.6 Å². The summed E-state index contributed by atoms with van der Waals surface area (Å²) >= 11 is 0. The lowest BCUT2D eigenvalue weighted by Gasteiger charge is -2.25. The van der Waals surface area contributed by atoms with E-state index in [2.05, 4.69) is 23.1 Å². The van der Waals surface area contributed by atoms with Crippen molar-refractivity contribution in [1.29, 1.82) is 0 Å². The molecule has 0 saturated carbocycles. The predicted octanol–water partition coefficient (Wildman–Crippen LogP) is 2.20. The Kier molecular flexibility index (Phi) is 2.54. The summed E-state index contributed by atoms with van der Waals surface area (Å²) in [6.07, 6.45) is 3.53. The molecule has 2 aliphatic heterocycles. The van der Waals surface area contributed by atoms with Crippen LogP contribution in [0.15, 0.2) is 18.2 Å². The van der Waals surface area contributed by atoms with E-state index in [1.165, 1.54) is 29.8 Å². The van der Waals surface area contributed by atoms with Crippen molar-refractivity contribution in [2.24, 2.45) is 0 Å². The van der Waals surface area contributed by atoms with Crippen molar-refractivity contribution in [3.8, 4) is 0 Å². The standard InChI is InChI=1S/C14H18N2O/c1-11(17)16-10-7-12-5-4-6-13(14(12)16)15-8-2-3-9-15/h4-6H,2-3,7-10H2,1H3. The third-order valence-corrected chi connectivity index (χ3v) is 3.80. The first-order valence-corrected chi connectivity index (χ1v) is 6.42. The second-order valence-electron chi connectivity index (χ2n) is 4.90. The summed E-state index contributed by atoms with van der Waals surface area (Å²) in [6, 6.07) is 6.43. The number of benzene rings is 1. The number of nitrogens with zero attached hydrogens (tertiary/aromatic N) is 2. The highest BCUT2D eigenvalue weighted by atomic mass is 16.2. The number of hydrogen-bond acceptors (Lipinski definition) is 2. The van der Waals surface area contributed by atoms with Crippen molar-refractivity contribution in [3.05, 3.63) is 23.8 Å². The Hall–Kier alpha value is -1.51. The monoisotopic (exact) mass is 230 g/mol. The van der Waals surface area contributed by atoms with Gasteiger partial charge in [0.25, 0.3) is 0 Å². The second kappa shape index (κ2) is 4.06. The van der Waals surface area contributed by atoms with Gasteiger partial charge in [-0.05, 0) is 30.9 Å². The van der Waals surface area contributed by atoms with Crippen LogP contribution in [0, 0.1) is 0 Å². The first-order chi connectivity index (χ1) is 8.27.